The first-order valence-electron chi connectivity index (χ1n) is 21.0. The Morgan fingerprint density at radius 3 is 0.736 bits per heavy atom. The van der Waals surface area contributed by atoms with Crippen LogP contribution < -0.4 is 0 Å². The van der Waals surface area contributed by atoms with Crippen LogP contribution in [0.1, 0.15) is 187 Å². The van der Waals surface area contributed by atoms with Crippen molar-refractivity contribution in [2.75, 3.05) is 0 Å². The van der Waals surface area contributed by atoms with Crippen molar-refractivity contribution in [2.45, 2.75) is 194 Å². The first-order chi connectivity index (χ1) is 24.8. The molecule has 0 aliphatic carbocycles. The zero-order chi connectivity index (χ0) is 37.3. The van der Waals surface area contributed by atoms with Crippen LogP contribution in [0.3, 0.4) is 0 Å². The fourth-order valence-corrected chi connectivity index (χ4v) is 7.41. The number of aromatic nitrogens is 3. The molecule has 0 atom stereocenters. The Hall–Kier alpha value is -3.33. The molecule has 0 unspecified atom stereocenters. The Balaban J connectivity index is 0.000000510. The van der Waals surface area contributed by atoms with Crippen molar-refractivity contribution in [1.29, 1.82) is 0 Å². The van der Waals surface area contributed by atoms with Gasteiger partial charge in [-0.05, 0) is 117 Å². The normalized spacial score (nSPS) is 10.7. The maximum atomic E-state index is 4.44. The van der Waals surface area contributed by atoms with Gasteiger partial charge >= 0.3 is 0 Å². The minimum absolute atomic E-state index is 0. The average Bonchev–Trinajstić information content (AvgIpc) is 3.17. The lowest BCUT2D eigenvalue weighted by atomic mass is 9.85. The molecular weight excluding hydrogens is 643 g/mol. The largest absolute Gasteiger partial charge is 0.218 e. The Morgan fingerprint density at radius 2 is 0.547 bits per heavy atom. The van der Waals surface area contributed by atoms with Gasteiger partial charge < -0.3 is 0 Å². The number of fused-ring (bicyclic) bond motifs is 6. The standard InChI is InChI=1S/C30H36.C11H19N3.C7H16.2CH4/c1-7-19-13-25-26(14-20(19)8-2)28-16-22(10-4)24(12-6)18-30(28)29-17-23(11-5)21(9-3)15-27(25)29;1-4-7-10-12-9(6-3)13-11(14-10)8-5-2;1-3-5-7-6-4-2;;/h13-18H,7-12H2,1-6H3;4-8H2,1-3H3;3-7H2,1-2H3;2*1H4. The lowest BCUT2D eigenvalue weighted by Crippen LogP contribution is -2.07. The lowest BCUT2D eigenvalue weighted by molar-refractivity contribution is 0.656. The van der Waals surface area contributed by atoms with Gasteiger partial charge in [0.1, 0.15) is 17.5 Å². The van der Waals surface area contributed by atoms with Gasteiger partial charge in [-0.25, -0.2) is 15.0 Å². The molecule has 1 heterocycles. The molecule has 0 amide bonds. The molecule has 0 radical (unpaired) electrons. The second-order valence-electron chi connectivity index (χ2n) is 14.1. The van der Waals surface area contributed by atoms with E-state index in [0.29, 0.717) is 0 Å². The third-order valence-corrected chi connectivity index (χ3v) is 10.4. The Morgan fingerprint density at radius 1 is 0.302 bits per heavy atom. The van der Waals surface area contributed by atoms with Gasteiger partial charge in [0.15, 0.2) is 0 Å². The third kappa shape index (κ3) is 12.3. The van der Waals surface area contributed by atoms with Crippen LogP contribution in [0.5, 0.6) is 0 Å². The van der Waals surface area contributed by atoms with Gasteiger partial charge in [-0.2, -0.15) is 0 Å². The highest BCUT2D eigenvalue weighted by molar-refractivity contribution is 6.26. The predicted octanol–water partition coefficient (Wildman–Crippen LogP) is 15.1. The van der Waals surface area contributed by atoms with E-state index in [1.165, 1.54) is 97.8 Å². The number of hydrogen-bond acceptors (Lipinski definition) is 3. The van der Waals surface area contributed by atoms with Crippen LogP contribution in [0.15, 0.2) is 36.4 Å². The molecule has 0 N–H and O–H groups in total. The summed E-state index contributed by atoms with van der Waals surface area (Å²) in [4.78, 5) is 13.2. The minimum atomic E-state index is 0. The van der Waals surface area contributed by atoms with Gasteiger partial charge in [0.2, 0.25) is 0 Å². The quantitative estimate of drug-likeness (QED) is 0.0798. The molecule has 5 rings (SSSR count). The Labute approximate surface area is 327 Å². The van der Waals surface area contributed by atoms with Gasteiger partial charge in [0, 0.05) is 19.3 Å². The SMILES string of the molecule is C.C.CCCCCCC.CCCc1nc(CC)nc(CCC)n1.CCc1cc2c3cc(CC)c(CC)cc3c3cc(CC)c(CC)cc3c2cc1CC. The smallest absolute Gasteiger partial charge is 0.132 e. The highest BCUT2D eigenvalue weighted by atomic mass is 15.0. The number of hydrogen-bond donors (Lipinski definition) is 0. The molecule has 0 spiro atoms. The van der Waals surface area contributed by atoms with Gasteiger partial charge in [-0.3, -0.25) is 0 Å². The highest BCUT2D eigenvalue weighted by Crippen LogP contribution is 2.39. The predicted molar refractivity (Wildman–Crippen MR) is 240 cm³/mol. The molecule has 0 aliphatic heterocycles. The summed E-state index contributed by atoms with van der Waals surface area (Å²) in [7, 11) is 0. The van der Waals surface area contributed by atoms with Crippen molar-refractivity contribution in [3.05, 3.63) is 87.3 Å². The summed E-state index contributed by atoms with van der Waals surface area (Å²) in [5.41, 5.74) is 9.02. The maximum Gasteiger partial charge on any atom is 0.132 e. The van der Waals surface area contributed by atoms with Crippen LogP contribution >= 0.6 is 0 Å². The summed E-state index contributed by atoms with van der Waals surface area (Å²) < 4.78 is 0. The van der Waals surface area contributed by atoms with Crippen molar-refractivity contribution in [3.63, 3.8) is 0 Å². The molecule has 5 aromatic rings. The van der Waals surface area contributed by atoms with Crippen LogP contribution in [-0.2, 0) is 57.8 Å². The van der Waals surface area contributed by atoms with E-state index in [1.807, 2.05) is 0 Å². The van der Waals surface area contributed by atoms with Crippen LogP contribution in [0.2, 0.25) is 0 Å². The van der Waals surface area contributed by atoms with Gasteiger partial charge in [0.05, 0.1) is 0 Å². The van der Waals surface area contributed by atoms with E-state index in [0.717, 1.165) is 88.1 Å². The van der Waals surface area contributed by atoms with Crippen LogP contribution in [-0.4, -0.2) is 15.0 Å². The number of benzene rings is 4. The summed E-state index contributed by atoms with van der Waals surface area (Å²) in [5.74, 6) is 2.86. The first kappa shape index (κ1) is 47.7. The van der Waals surface area contributed by atoms with E-state index in [4.69, 9.17) is 0 Å². The summed E-state index contributed by atoms with van der Waals surface area (Å²) in [6, 6.07) is 15.0. The average molecular weight is 722 g/mol. The molecule has 0 saturated heterocycles. The van der Waals surface area contributed by atoms with Crippen LogP contribution in [0, 0.1) is 0 Å². The molecule has 0 fully saturated rings. The fourth-order valence-electron chi connectivity index (χ4n) is 7.41. The molecular formula is C50H79N3. The first-order valence-corrected chi connectivity index (χ1v) is 21.0. The minimum Gasteiger partial charge on any atom is -0.218 e. The molecule has 0 bridgehead atoms. The second-order valence-corrected chi connectivity index (χ2v) is 14.1. The summed E-state index contributed by atoms with van der Waals surface area (Å²) >= 11 is 0. The third-order valence-electron chi connectivity index (χ3n) is 10.4. The zero-order valence-corrected chi connectivity index (χ0v) is 34.6. The van der Waals surface area contributed by atoms with E-state index in [1.54, 1.807) is 0 Å². The van der Waals surface area contributed by atoms with Crippen molar-refractivity contribution in [3.8, 4) is 0 Å². The number of unbranched alkanes of at least 4 members (excludes halogenated alkanes) is 4. The van der Waals surface area contributed by atoms with E-state index in [9.17, 15) is 0 Å². The van der Waals surface area contributed by atoms with Gasteiger partial charge in [-0.15, -0.1) is 0 Å². The number of aryl methyl sites for hydroxylation is 9. The van der Waals surface area contributed by atoms with Crippen LogP contribution in [0.4, 0.5) is 0 Å². The van der Waals surface area contributed by atoms with Crippen molar-refractivity contribution < 1.29 is 0 Å². The lowest BCUT2D eigenvalue weighted by Gasteiger charge is -2.18. The summed E-state index contributed by atoms with van der Waals surface area (Å²) in [6.45, 7) is 24.6. The van der Waals surface area contributed by atoms with Crippen LogP contribution in [0.25, 0.3) is 32.3 Å². The van der Waals surface area contributed by atoms with Gasteiger partial charge in [0.25, 0.3) is 0 Å². The highest BCUT2D eigenvalue weighted by Gasteiger charge is 2.15. The molecule has 0 aliphatic rings. The molecule has 53 heavy (non-hydrogen) atoms. The Kier molecular flexibility index (Phi) is 22.4. The second kappa shape index (κ2) is 24.9. The van der Waals surface area contributed by atoms with E-state index < -0.39 is 0 Å². The zero-order valence-electron chi connectivity index (χ0n) is 34.6. The summed E-state index contributed by atoms with van der Waals surface area (Å²) in [6.07, 6.45) is 18.6. The molecule has 3 heteroatoms. The fraction of sp³-hybridized carbons (Fsp3) is 0.580. The van der Waals surface area contributed by atoms with E-state index in [2.05, 4.69) is 128 Å². The van der Waals surface area contributed by atoms with Crippen molar-refractivity contribution in [1.82, 2.24) is 15.0 Å². The topological polar surface area (TPSA) is 38.7 Å². The summed E-state index contributed by atoms with van der Waals surface area (Å²) in [5, 5.41) is 8.64. The monoisotopic (exact) mass is 722 g/mol. The molecule has 3 nitrogen and oxygen atoms in total. The van der Waals surface area contributed by atoms with E-state index in [-0.39, 0.29) is 14.9 Å². The number of nitrogens with zero attached hydrogens (tertiary/aromatic N) is 3. The number of rotatable bonds is 15. The molecule has 294 valence electrons. The van der Waals surface area contributed by atoms with E-state index >= 15 is 0 Å². The molecule has 0 saturated carbocycles. The maximum absolute atomic E-state index is 4.44. The van der Waals surface area contributed by atoms with Crippen molar-refractivity contribution >= 4 is 32.3 Å². The van der Waals surface area contributed by atoms with Gasteiger partial charge in [-0.1, -0.05) is 160 Å². The van der Waals surface area contributed by atoms with Crippen molar-refractivity contribution in [2.24, 2.45) is 0 Å². The molecule has 1 aromatic heterocycles. The Bertz CT molecular complexity index is 1510. The molecule has 4 aromatic carbocycles.